The molecule has 0 unspecified atom stereocenters. The number of rotatable bonds is 3. The Kier molecular flexibility index (Phi) is 3.50. The van der Waals surface area contributed by atoms with Crippen molar-refractivity contribution in [2.75, 3.05) is 6.61 Å². The van der Waals surface area contributed by atoms with E-state index in [1.165, 1.54) is 0 Å². The molecule has 0 aliphatic carbocycles. The molecule has 0 fully saturated rings. The molecule has 17 heavy (non-hydrogen) atoms. The number of hydrogen-bond acceptors (Lipinski definition) is 3. The lowest BCUT2D eigenvalue weighted by Gasteiger charge is -2.04. The lowest BCUT2D eigenvalue weighted by molar-refractivity contribution is 0.0526. The van der Waals surface area contributed by atoms with E-state index in [-0.39, 0.29) is 5.97 Å². The van der Waals surface area contributed by atoms with Gasteiger partial charge < -0.3 is 4.74 Å². The van der Waals surface area contributed by atoms with Crippen molar-refractivity contribution in [2.24, 2.45) is 0 Å². The molecule has 0 N–H and O–H groups in total. The predicted molar refractivity (Wildman–Crippen MR) is 65.6 cm³/mol. The molecule has 0 bridgehead atoms. The van der Waals surface area contributed by atoms with Crippen molar-refractivity contribution < 1.29 is 9.53 Å². The Balaban J connectivity index is 2.32. The highest BCUT2D eigenvalue weighted by molar-refractivity contribution is 5.90. The Morgan fingerprint density at radius 2 is 2.12 bits per heavy atom. The molecule has 2 rings (SSSR count). The van der Waals surface area contributed by atoms with Gasteiger partial charge in [0.1, 0.15) is 0 Å². The average Bonchev–Trinajstić information content (AvgIpc) is 2.40. The molecular formula is C14H13NO2. The van der Waals surface area contributed by atoms with Crippen molar-refractivity contribution in [1.82, 2.24) is 4.98 Å². The van der Waals surface area contributed by atoms with Crippen LogP contribution in [0, 0.1) is 0 Å². The maximum absolute atomic E-state index is 11.6. The average molecular weight is 227 g/mol. The summed E-state index contributed by atoms with van der Waals surface area (Å²) in [5.74, 6) is -0.301. The molecule has 0 radical (unpaired) electrons. The van der Waals surface area contributed by atoms with Gasteiger partial charge in [0.15, 0.2) is 0 Å². The molecule has 0 spiro atoms. The molecule has 3 nitrogen and oxygen atoms in total. The Labute approximate surface area is 100 Å². The number of carbonyl (C=O) groups is 1. The molecule has 1 aromatic heterocycles. The zero-order valence-electron chi connectivity index (χ0n) is 9.59. The van der Waals surface area contributed by atoms with Crippen LogP contribution in [-0.4, -0.2) is 17.6 Å². The van der Waals surface area contributed by atoms with Crippen molar-refractivity contribution in [2.45, 2.75) is 6.92 Å². The number of aromatic nitrogens is 1. The zero-order valence-corrected chi connectivity index (χ0v) is 9.59. The number of ether oxygens (including phenoxy) is 1. The molecule has 86 valence electrons. The van der Waals surface area contributed by atoms with E-state index >= 15 is 0 Å². The van der Waals surface area contributed by atoms with E-state index in [2.05, 4.69) is 4.98 Å². The maximum atomic E-state index is 11.6. The summed E-state index contributed by atoms with van der Waals surface area (Å²) in [5, 5.41) is 0. The maximum Gasteiger partial charge on any atom is 0.338 e. The molecule has 1 heterocycles. The second-order valence-corrected chi connectivity index (χ2v) is 3.52. The van der Waals surface area contributed by atoms with Crippen LogP contribution in [0.3, 0.4) is 0 Å². The van der Waals surface area contributed by atoms with E-state index in [0.717, 1.165) is 11.3 Å². The lowest BCUT2D eigenvalue weighted by atomic mass is 10.1. The van der Waals surface area contributed by atoms with Crippen LogP contribution in [0.1, 0.15) is 17.3 Å². The van der Waals surface area contributed by atoms with Gasteiger partial charge in [0.25, 0.3) is 0 Å². The first-order chi connectivity index (χ1) is 8.31. The molecule has 0 aliphatic rings. The van der Waals surface area contributed by atoms with Gasteiger partial charge in [-0.05, 0) is 31.2 Å². The van der Waals surface area contributed by atoms with Gasteiger partial charge in [-0.15, -0.1) is 0 Å². The summed E-state index contributed by atoms with van der Waals surface area (Å²) < 4.78 is 4.96. The first-order valence-electron chi connectivity index (χ1n) is 5.50. The highest BCUT2D eigenvalue weighted by Crippen LogP contribution is 2.18. The van der Waals surface area contributed by atoms with E-state index < -0.39 is 0 Å². The number of hydrogen-bond donors (Lipinski definition) is 0. The van der Waals surface area contributed by atoms with Crippen molar-refractivity contribution in [3.63, 3.8) is 0 Å². The number of carbonyl (C=O) groups excluding carboxylic acids is 1. The Morgan fingerprint density at radius 3 is 2.82 bits per heavy atom. The van der Waals surface area contributed by atoms with Crippen LogP contribution < -0.4 is 0 Å². The van der Waals surface area contributed by atoms with Crippen LogP contribution in [0.25, 0.3) is 11.3 Å². The summed E-state index contributed by atoms with van der Waals surface area (Å²) in [6.45, 7) is 2.17. The van der Waals surface area contributed by atoms with Gasteiger partial charge in [0.05, 0.1) is 17.9 Å². The molecule has 3 heteroatoms. The van der Waals surface area contributed by atoms with E-state index in [1.807, 2.05) is 30.3 Å². The van der Waals surface area contributed by atoms with Gasteiger partial charge in [-0.1, -0.05) is 18.2 Å². The first kappa shape index (κ1) is 11.3. The third-order valence-corrected chi connectivity index (χ3v) is 2.33. The summed E-state index contributed by atoms with van der Waals surface area (Å²) >= 11 is 0. The summed E-state index contributed by atoms with van der Waals surface area (Å²) in [7, 11) is 0. The van der Waals surface area contributed by atoms with Gasteiger partial charge in [-0.25, -0.2) is 4.79 Å². The van der Waals surface area contributed by atoms with Crippen LogP contribution >= 0.6 is 0 Å². The Bertz CT molecular complexity index is 509. The third-order valence-electron chi connectivity index (χ3n) is 2.33. The second-order valence-electron chi connectivity index (χ2n) is 3.52. The summed E-state index contributed by atoms with van der Waals surface area (Å²) in [6.07, 6.45) is 1.73. The fourth-order valence-corrected chi connectivity index (χ4v) is 1.55. The minimum atomic E-state index is -0.301. The monoisotopic (exact) mass is 227 g/mol. The number of esters is 1. The Hall–Kier alpha value is -2.16. The molecule has 0 amide bonds. The summed E-state index contributed by atoms with van der Waals surface area (Å²) in [4.78, 5) is 15.8. The molecule has 0 atom stereocenters. The molecule has 0 aliphatic heterocycles. The van der Waals surface area contributed by atoms with Crippen molar-refractivity contribution in [3.8, 4) is 11.3 Å². The van der Waals surface area contributed by atoms with Gasteiger partial charge in [0, 0.05) is 11.8 Å². The van der Waals surface area contributed by atoms with E-state index in [4.69, 9.17) is 4.74 Å². The van der Waals surface area contributed by atoms with Gasteiger partial charge in [-0.3, -0.25) is 4.98 Å². The molecule has 0 saturated heterocycles. The third kappa shape index (κ3) is 2.69. The topological polar surface area (TPSA) is 39.2 Å². The number of nitrogens with zero attached hydrogens (tertiary/aromatic N) is 1. The van der Waals surface area contributed by atoms with Gasteiger partial charge >= 0.3 is 5.97 Å². The van der Waals surface area contributed by atoms with E-state index in [1.54, 1.807) is 25.3 Å². The van der Waals surface area contributed by atoms with E-state index in [0.29, 0.717) is 12.2 Å². The zero-order chi connectivity index (χ0) is 12.1. The lowest BCUT2D eigenvalue weighted by Crippen LogP contribution is -2.04. The van der Waals surface area contributed by atoms with Crippen molar-refractivity contribution >= 4 is 5.97 Å². The summed E-state index contributed by atoms with van der Waals surface area (Å²) in [6, 6.07) is 13.0. The highest BCUT2D eigenvalue weighted by Gasteiger charge is 2.07. The summed E-state index contributed by atoms with van der Waals surface area (Å²) in [5.41, 5.74) is 2.31. The molecular weight excluding hydrogens is 214 g/mol. The minimum Gasteiger partial charge on any atom is -0.462 e. The smallest absolute Gasteiger partial charge is 0.338 e. The molecule has 0 saturated carbocycles. The number of pyridine rings is 1. The normalized spacial score (nSPS) is 9.94. The largest absolute Gasteiger partial charge is 0.462 e. The second kappa shape index (κ2) is 5.25. The fourth-order valence-electron chi connectivity index (χ4n) is 1.55. The van der Waals surface area contributed by atoms with Crippen molar-refractivity contribution in [3.05, 3.63) is 54.2 Å². The fraction of sp³-hybridized carbons (Fsp3) is 0.143. The Morgan fingerprint density at radius 1 is 1.24 bits per heavy atom. The van der Waals surface area contributed by atoms with Crippen LogP contribution in [0.4, 0.5) is 0 Å². The molecule has 2 aromatic rings. The van der Waals surface area contributed by atoms with Crippen LogP contribution in [0.2, 0.25) is 0 Å². The first-order valence-corrected chi connectivity index (χ1v) is 5.50. The van der Waals surface area contributed by atoms with Gasteiger partial charge in [0.2, 0.25) is 0 Å². The van der Waals surface area contributed by atoms with Crippen LogP contribution in [-0.2, 0) is 4.74 Å². The molecule has 1 aromatic carbocycles. The minimum absolute atomic E-state index is 0.301. The van der Waals surface area contributed by atoms with Gasteiger partial charge in [-0.2, -0.15) is 0 Å². The van der Waals surface area contributed by atoms with Crippen molar-refractivity contribution in [1.29, 1.82) is 0 Å². The highest BCUT2D eigenvalue weighted by atomic mass is 16.5. The quantitative estimate of drug-likeness (QED) is 0.757. The predicted octanol–water partition coefficient (Wildman–Crippen LogP) is 2.93. The SMILES string of the molecule is CCOC(=O)c1cccc(-c2ccccn2)c1. The van der Waals surface area contributed by atoms with Crippen LogP contribution in [0.5, 0.6) is 0 Å². The van der Waals surface area contributed by atoms with E-state index in [9.17, 15) is 4.79 Å². The number of benzene rings is 1. The van der Waals surface area contributed by atoms with Crippen LogP contribution in [0.15, 0.2) is 48.7 Å². The standard InChI is InChI=1S/C14H13NO2/c1-2-17-14(16)12-7-5-6-11(10-12)13-8-3-4-9-15-13/h3-10H,2H2,1H3.